The minimum Gasteiger partial charge on any atom is -0.324 e. The molecule has 3 rings (SSSR count). The summed E-state index contributed by atoms with van der Waals surface area (Å²) in [7, 11) is 0. The summed E-state index contributed by atoms with van der Waals surface area (Å²) in [4.78, 5) is 9.03. The lowest BCUT2D eigenvalue weighted by Crippen LogP contribution is -2.01. The zero-order chi connectivity index (χ0) is 12.5. The summed E-state index contributed by atoms with van der Waals surface area (Å²) in [6, 6.07) is 10.4. The largest absolute Gasteiger partial charge is 0.324 e. The van der Waals surface area contributed by atoms with Crippen molar-refractivity contribution in [3.63, 3.8) is 0 Å². The number of nitrogens with zero attached hydrogens (tertiary/aromatic N) is 2. The predicted molar refractivity (Wildman–Crippen MR) is 73.2 cm³/mol. The second kappa shape index (κ2) is 4.41. The molecule has 0 spiro atoms. The van der Waals surface area contributed by atoms with Gasteiger partial charge < -0.3 is 5.32 Å². The first-order valence-corrected chi connectivity index (χ1v) is 6.40. The Morgan fingerprint density at radius 1 is 1.06 bits per heavy atom. The zero-order valence-electron chi connectivity index (χ0n) is 10.8. The van der Waals surface area contributed by atoms with Crippen LogP contribution in [0.25, 0.3) is 0 Å². The third-order valence-electron chi connectivity index (χ3n) is 3.18. The normalized spacial score (nSPS) is 14.6. The molecule has 1 saturated carbocycles. The molecule has 0 bridgehead atoms. The highest BCUT2D eigenvalue weighted by atomic mass is 15.1. The molecule has 0 aliphatic heterocycles. The molecule has 2 aromatic rings. The van der Waals surface area contributed by atoms with E-state index in [4.69, 9.17) is 0 Å². The number of benzene rings is 1. The van der Waals surface area contributed by atoms with Gasteiger partial charge in [-0.25, -0.2) is 9.97 Å². The predicted octanol–water partition coefficient (Wildman–Crippen LogP) is 3.71. The number of aryl methyl sites for hydroxylation is 2. The Balaban J connectivity index is 1.85. The average molecular weight is 239 g/mol. The van der Waals surface area contributed by atoms with E-state index < -0.39 is 0 Å². The molecular formula is C15H17N3. The lowest BCUT2D eigenvalue weighted by atomic mass is 10.2. The molecule has 0 amide bonds. The SMILES string of the molecule is Cc1ccc(Nc2nc(C)cc(C3CC3)n2)cc1. The van der Waals surface area contributed by atoms with Gasteiger partial charge in [0.2, 0.25) is 5.95 Å². The van der Waals surface area contributed by atoms with Crippen molar-refractivity contribution in [2.24, 2.45) is 0 Å². The average Bonchev–Trinajstić information content (AvgIpc) is 3.15. The summed E-state index contributed by atoms with van der Waals surface area (Å²) in [6.07, 6.45) is 2.53. The van der Waals surface area contributed by atoms with Crippen LogP contribution < -0.4 is 5.32 Å². The van der Waals surface area contributed by atoms with Crippen LogP contribution in [-0.4, -0.2) is 9.97 Å². The number of rotatable bonds is 3. The maximum absolute atomic E-state index is 4.59. The van der Waals surface area contributed by atoms with Crippen molar-refractivity contribution in [3.05, 3.63) is 47.3 Å². The molecule has 0 radical (unpaired) electrons. The molecule has 1 N–H and O–H groups in total. The second-order valence-corrected chi connectivity index (χ2v) is 5.02. The Hall–Kier alpha value is -1.90. The van der Waals surface area contributed by atoms with Crippen LogP contribution in [0.3, 0.4) is 0 Å². The van der Waals surface area contributed by atoms with Crippen molar-refractivity contribution in [3.8, 4) is 0 Å². The zero-order valence-corrected chi connectivity index (χ0v) is 10.8. The smallest absolute Gasteiger partial charge is 0.227 e. The molecule has 0 unspecified atom stereocenters. The van der Waals surface area contributed by atoms with Gasteiger partial charge in [-0.3, -0.25) is 0 Å². The molecule has 1 fully saturated rings. The molecule has 1 aromatic heterocycles. The first-order valence-electron chi connectivity index (χ1n) is 6.40. The molecule has 1 aliphatic rings. The summed E-state index contributed by atoms with van der Waals surface area (Å²) in [5.74, 6) is 1.37. The number of hydrogen-bond acceptors (Lipinski definition) is 3. The van der Waals surface area contributed by atoms with Crippen LogP contribution in [0.4, 0.5) is 11.6 Å². The van der Waals surface area contributed by atoms with E-state index in [2.05, 4.69) is 52.5 Å². The van der Waals surface area contributed by atoms with Crippen LogP contribution in [-0.2, 0) is 0 Å². The first-order chi connectivity index (χ1) is 8.70. The van der Waals surface area contributed by atoms with Crippen molar-refractivity contribution in [2.45, 2.75) is 32.6 Å². The van der Waals surface area contributed by atoms with Crippen LogP contribution in [0, 0.1) is 13.8 Å². The van der Waals surface area contributed by atoms with Gasteiger partial charge in [0.25, 0.3) is 0 Å². The number of nitrogens with one attached hydrogen (secondary N) is 1. The molecule has 1 aromatic carbocycles. The minimum absolute atomic E-state index is 0.658. The fourth-order valence-electron chi connectivity index (χ4n) is 2.00. The molecule has 92 valence electrons. The lowest BCUT2D eigenvalue weighted by Gasteiger charge is -2.08. The van der Waals surface area contributed by atoms with Crippen LogP contribution in [0.15, 0.2) is 30.3 Å². The number of hydrogen-bond donors (Lipinski definition) is 1. The molecule has 3 nitrogen and oxygen atoms in total. The van der Waals surface area contributed by atoms with Gasteiger partial charge in [0.15, 0.2) is 0 Å². The summed E-state index contributed by atoms with van der Waals surface area (Å²) < 4.78 is 0. The van der Waals surface area contributed by atoms with E-state index in [1.807, 2.05) is 6.92 Å². The standard InChI is InChI=1S/C15H17N3/c1-10-3-7-13(8-4-10)17-15-16-11(2)9-14(18-15)12-5-6-12/h3-4,7-9,12H,5-6H2,1-2H3,(H,16,17,18). The van der Waals surface area contributed by atoms with Crippen LogP contribution in [0.1, 0.15) is 35.7 Å². The van der Waals surface area contributed by atoms with E-state index in [0.29, 0.717) is 11.9 Å². The molecule has 18 heavy (non-hydrogen) atoms. The summed E-state index contributed by atoms with van der Waals surface area (Å²) in [5, 5.41) is 3.27. The van der Waals surface area contributed by atoms with Crippen LogP contribution in [0.5, 0.6) is 0 Å². The fraction of sp³-hybridized carbons (Fsp3) is 0.333. The Bertz CT molecular complexity index is 556. The van der Waals surface area contributed by atoms with E-state index in [9.17, 15) is 0 Å². The quantitative estimate of drug-likeness (QED) is 0.887. The maximum atomic E-state index is 4.59. The Kier molecular flexibility index (Phi) is 2.74. The topological polar surface area (TPSA) is 37.8 Å². The van der Waals surface area contributed by atoms with Gasteiger partial charge in [-0.05, 0) is 44.9 Å². The summed E-state index contributed by atoms with van der Waals surface area (Å²) >= 11 is 0. The molecule has 0 saturated heterocycles. The van der Waals surface area contributed by atoms with Crippen molar-refractivity contribution >= 4 is 11.6 Å². The van der Waals surface area contributed by atoms with Crippen molar-refractivity contribution in [1.82, 2.24) is 9.97 Å². The van der Waals surface area contributed by atoms with Crippen molar-refractivity contribution < 1.29 is 0 Å². The van der Waals surface area contributed by atoms with Gasteiger partial charge in [0.1, 0.15) is 0 Å². The van der Waals surface area contributed by atoms with E-state index in [0.717, 1.165) is 11.4 Å². The van der Waals surface area contributed by atoms with Gasteiger partial charge >= 0.3 is 0 Å². The molecule has 3 heteroatoms. The number of aromatic nitrogens is 2. The van der Waals surface area contributed by atoms with Gasteiger partial charge in [-0.2, -0.15) is 0 Å². The van der Waals surface area contributed by atoms with E-state index in [-0.39, 0.29) is 0 Å². The highest BCUT2D eigenvalue weighted by Gasteiger charge is 2.25. The molecule has 1 heterocycles. The van der Waals surface area contributed by atoms with E-state index in [1.165, 1.54) is 24.1 Å². The summed E-state index contributed by atoms with van der Waals surface area (Å²) in [5.41, 5.74) is 4.50. The lowest BCUT2D eigenvalue weighted by molar-refractivity contribution is 0.972. The van der Waals surface area contributed by atoms with Crippen molar-refractivity contribution in [1.29, 1.82) is 0 Å². The van der Waals surface area contributed by atoms with Gasteiger partial charge in [-0.15, -0.1) is 0 Å². The Morgan fingerprint density at radius 2 is 1.78 bits per heavy atom. The Labute approximate surface area is 107 Å². The van der Waals surface area contributed by atoms with Crippen molar-refractivity contribution in [2.75, 3.05) is 5.32 Å². The first kappa shape index (κ1) is 11.2. The third kappa shape index (κ3) is 2.50. The van der Waals surface area contributed by atoms with Crippen LogP contribution in [0.2, 0.25) is 0 Å². The van der Waals surface area contributed by atoms with Gasteiger partial charge in [0, 0.05) is 23.0 Å². The maximum Gasteiger partial charge on any atom is 0.227 e. The molecular weight excluding hydrogens is 222 g/mol. The second-order valence-electron chi connectivity index (χ2n) is 5.02. The van der Waals surface area contributed by atoms with Gasteiger partial charge in [-0.1, -0.05) is 17.7 Å². The van der Waals surface area contributed by atoms with Crippen LogP contribution >= 0.6 is 0 Å². The number of anilines is 2. The third-order valence-corrected chi connectivity index (χ3v) is 3.18. The highest BCUT2D eigenvalue weighted by Crippen LogP contribution is 2.39. The Morgan fingerprint density at radius 3 is 2.44 bits per heavy atom. The minimum atomic E-state index is 0.658. The molecule has 1 aliphatic carbocycles. The fourth-order valence-corrected chi connectivity index (χ4v) is 2.00. The van der Waals surface area contributed by atoms with E-state index >= 15 is 0 Å². The highest BCUT2D eigenvalue weighted by molar-refractivity contribution is 5.53. The van der Waals surface area contributed by atoms with E-state index in [1.54, 1.807) is 0 Å². The molecule has 0 atom stereocenters. The monoisotopic (exact) mass is 239 g/mol. The summed E-state index contributed by atoms with van der Waals surface area (Å²) in [6.45, 7) is 4.10. The van der Waals surface area contributed by atoms with Gasteiger partial charge in [0.05, 0.1) is 0 Å².